The van der Waals surface area contributed by atoms with Gasteiger partial charge in [0.15, 0.2) is 0 Å². The summed E-state index contributed by atoms with van der Waals surface area (Å²) in [5, 5.41) is 11.7. The lowest BCUT2D eigenvalue weighted by Crippen LogP contribution is -1.85. The molecule has 0 aliphatic rings. The van der Waals surface area contributed by atoms with Gasteiger partial charge in [0, 0.05) is 23.8 Å². The van der Waals surface area contributed by atoms with Crippen LogP contribution in [0.15, 0.2) is 29.6 Å². The third-order valence-electron chi connectivity index (χ3n) is 2.78. The minimum Gasteiger partial charge on any atom is -0.241 e. The van der Waals surface area contributed by atoms with E-state index in [2.05, 4.69) is 42.2 Å². The third kappa shape index (κ3) is 3.18. The molecule has 92 valence electrons. The molecule has 0 aliphatic heterocycles. The van der Waals surface area contributed by atoms with Gasteiger partial charge in [-0.05, 0) is 12.0 Å². The SMILES string of the molecule is CCCc1ccc(-c2nc(CCC#N)cs2)cc1. The van der Waals surface area contributed by atoms with Crippen LogP contribution in [0.5, 0.6) is 0 Å². The molecule has 0 saturated carbocycles. The van der Waals surface area contributed by atoms with Gasteiger partial charge in [-0.25, -0.2) is 4.98 Å². The van der Waals surface area contributed by atoms with Gasteiger partial charge < -0.3 is 0 Å². The number of hydrogen-bond donors (Lipinski definition) is 0. The Balaban J connectivity index is 2.11. The quantitative estimate of drug-likeness (QED) is 0.803. The summed E-state index contributed by atoms with van der Waals surface area (Å²) in [6.07, 6.45) is 3.60. The molecule has 0 amide bonds. The second-order valence-corrected chi connectivity index (χ2v) is 5.11. The average Bonchev–Trinajstić information content (AvgIpc) is 2.86. The number of hydrogen-bond acceptors (Lipinski definition) is 3. The van der Waals surface area contributed by atoms with E-state index in [1.54, 1.807) is 11.3 Å². The molecule has 18 heavy (non-hydrogen) atoms. The van der Waals surface area contributed by atoms with Crippen LogP contribution in [0.2, 0.25) is 0 Å². The summed E-state index contributed by atoms with van der Waals surface area (Å²) in [5.41, 5.74) is 3.57. The van der Waals surface area contributed by atoms with Crippen molar-refractivity contribution in [2.24, 2.45) is 0 Å². The molecular weight excluding hydrogens is 240 g/mol. The molecule has 1 aromatic carbocycles. The van der Waals surface area contributed by atoms with Crippen molar-refractivity contribution in [1.29, 1.82) is 5.26 Å². The fraction of sp³-hybridized carbons (Fsp3) is 0.333. The molecule has 0 radical (unpaired) electrons. The zero-order chi connectivity index (χ0) is 12.8. The summed E-state index contributed by atoms with van der Waals surface area (Å²) in [5.74, 6) is 0. The summed E-state index contributed by atoms with van der Waals surface area (Å²) < 4.78 is 0. The van der Waals surface area contributed by atoms with Crippen LogP contribution in [0.1, 0.15) is 31.0 Å². The number of aryl methyl sites for hydroxylation is 2. The topological polar surface area (TPSA) is 36.7 Å². The van der Waals surface area contributed by atoms with E-state index in [0.29, 0.717) is 6.42 Å². The molecule has 2 rings (SSSR count). The van der Waals surface area contributed by atoms with Crippen molar-refractivity contribution in [3.63, 3.8) is 0 Å². The number of nitriles is 1. The Labute approximate surface area is 112 Å². The Morgan fingerprint density at radius 2 is 2.00 bits per heavy atom. The van der Waals surface area contributed by atoms with E-state index in [1.807, 2.05) is 5.38 Å². The summed E-state index contributed by atoms with van der Waals surface area (Å²) in [4.78, 5) is 4.56. The second-order valence-electron chi connectivity index (χ2n) is 4.25. The van der Waals surface area contributed by atoms with E-state index >= 15 is 0 Å². The fourth-order valence-electron chi connectivity index (χ4n) is 1.84. The van der Waals surface area contributed by atoms with E-state index in [-0.39, 0.29) is 0 Å². The standard InChI is InChI=1S/C15H16N2S/c1-2-4-12-6-8-13(9-7-12)15-17-14(11-18-15)5-3-10-16/h6-9,11H,2-5H2,1H3. The van der Waals surface area contributed by atoms with Crippen molar-refractivity contribution < 1.29 is 0 Å². The van der Waals surface area contributed by atoms with Gasteiger partial charge in [-0.1, -0.05) is 37.6 Å². The molecule has 1 heterocycles. The van der Waals surface area contributed by atoms with Crippen LogP contribution in [0.3, 0.4) is 0 Å². The Morgan fingerprint density at radius 3 is 2.67 bits per heavy atom. The van der Waals surface area contributed by atoms with Gasteiger partial charge in [0.25, 0.3) is 0 Å². The van der Waals surface area contributed by atoms with Crippen LogP contribution >= 0.6 is 11.3 Å². The fourth-order valence-corrected chi connectivity index (χ4v) is 2.70. The maximum Gasteiger partial charge on any atom is 0.123 e. The Morgan fingerprint density at radius 1 is 1.22 bits per heavy atom. The van der Waals surface area contributed by atoms with Gasteiger partial charge in [0.1, 0.15) is 5.01 Å². The van der Waals surface area contributed by atoms with E-state index < -0.39 is 0 Å². The highest BCUT2D eigenvalue weighted by Gasteiger charge is 2.04. The number of thiazole rings is 1. The van der Waals surface area contributed by atoms with E-state index in [1.165, 1.54) is 17.5 Å². The first kappa shape index (κ1) is 12.8. The van der Waals surface area contributed by atoms with Crippen LogP contribution in [0.4, 0.5) is 0 Å². The first-order valence-electron chi connectivity index (χ1n) is 6.24. The first-order chi connectivity index (χ1) is 8.83. The maximum absolute atomic E-state index is 8.56. The summed E-state index contributed by atoms with van der Waals surface area (Å²) >= 11 is 1.65. The Bertz CT molecular complexity index is 534. The number of benzene rings is 1. The van der Waals surface area contributed by atoms with Crippen LogP contribution < -0.4 is 0 Å². The number of rotatable bonds is 5. The molecule has 2 aromatic rings. The molecule has 0 atom stereocenters. The lowest BCUT2D eigenvalue weighted by atomic mass is 10.1. The van der Waals surface area contributed by atoms with Gasteiger partial charge >= 0.3 is 0 Å². The van der Waals surface area contributed by atoms with Crippen molar-refractivity contribution in [2.75, 3.05) is 0 Å². The molecule has 3 heteroatoms. The molecule has 0 aliphatic carbocycles. The maximum atomic E-state index is 8.56. The van der Waals surface area contributed by atoms with E-state index in [9.17, 15) is 0 Å². The largest absolute Gasteiger partial charge is 0.241 e. The lowest BCUT2D eigenvalue weighted by molar-refractivity contribution is 0.922. The molecule has 1 aromatic heterocycles. The summed E-state index contributed by atoms with van der Waals surface area (Å²) in [6, 6.07) is 10.8. The van der Waals surface area contributed by atoms with Gasteiger partial charge in [-0.3, -0.25) is 0 Å². The smallest absolute Gasteiger partial charge is 0.123 e. The van der Waals surface area contributed by atoms with Crippen molar-refractivity contribution in [2.45, 2.75) is 32.6 Å². The minimum absolute atomic E-state index is 0.540. The molecule has 0 bridgehead atoms. The molecule has 0 spiro atoms. The van der Waals surface area contributed by atoms with Crippen LogP contribution in [0, 0.1) is 11.3 Å². The number of aromatic nitrogens is 1. The highest BCUT2D eigenvalue weighted by Crippen LogP contribution is 2.24. The number of nitrogens with zero attached hydrogens (tertiary/aromatic N) is 2. The molecule has 0 saturated heterocycles. The lowest BCUT2D eigenvalue weighted by Gasteiger charge is -2.00. The Kier molecular flexibility index (Phi) is 4.49. The Hall–Kier alpha value is -1.66. The normalized spacial score (nSPS) is 10.2. The van der Waals surface area contributed by atoms with Crippen LogP contribution in [-0.4, -0.2) is 4.98 Å². The molecule has 2 nitrogen and oxygen atoms in total. The van der Waals surface area contributed by atoms with E-state index in [0.717, 1.165) is 23.5 Å². The highest BCUT2D eigenvalue weighted by molar-refractivity contribution is 7.13. The van der Waals surface area contributed by atoms with Crippen molar-refractivity contribution in [1.82, 2.24) is 4.98 Å². The highest BCUT2D eigenvalue weighted by atomic mass is 32.1. The first-order valence-corrected chi connectivity index (χ1v) is 7.12. The molecule has 0 fully saturated rings. The molecule has 0 unspecified atom stereocenters. The average molecular weight is 256 g/mol. The van der Waals surface area contributed by atoms with Gasteiger partial charge in [-0.15, -0.1) is 11.3 Å². The third-order valence-corrected chi connectivity index (χ3v) is 3.72. The van der Waals surface area contributed by atoms with Crippen LogP contribution in [0.25, 0.3) is 10.6 Å². The minimum atomic E-state index is 0.540. The monoisotopic (exact) mass is 256 g/mol. The van der Waals surface area contributed by atoms with Crippen LogP contribution in [-0.2, 0) is 12.8 Å². The van der Waals surface area contributed by atoms with Gasteiger partial charge in [0.2, 0.25) is 0 Å². The summed E-state index contributed by atoms with van der Waals surface area (Å²) in [6.45, 7) is 2.19. The van der Waals surface area contributed by atoms with Crippen molar-refractivity contribution in [3.05, 3.63) is 40.9 Å². The predicted molar refractivity (Wildman–Crippen MR) is 75.5 cm³/mol. The van der Waals surface area contributed by atoms with E-state index in [4.69, 9.17) is 5.26 Å². The van der Waals surface area contributed by atoms with Crippen molar-refractivity contribution >= 4 is 11.3 Å². The van der Waals surface area contributed by atoms with Gasteiger partial charge in [0.05, 0.1) is 11.8 Å². The van der Waals surface area contributed by atoms with Gasteiger partial charge in [-0.2, -0.15) is 5.26 Å². The van der Waals surface area contributed by atoms with Crippen molar-refractivity contribution in [3.8, 4) is 16.6 Å². The zero-order valence-corrected chi connectivity index (χ0v) is 11.3. The molecular formula is C15H16N2S. The zero-order valence-electron chi connectivity index (χ0n) is 10.5. The molecule has 0 N–H and O–H groups in total. The predicted octanol–water partition coefficient (Wildman–Crippen LogP) is 4.22. The second kappa shape index (κ2) is 6.32. The summed E-state index contributed by atoms with van der Waals surface area (Å²) in [7, 11) is 0.